The highest BCUT2D eigenvalue weighted by atomic mass is 33.1. The van der Waals surface area contributed by atoms with E-state index in [0.29, 0.717) is 51.6 Å². The molecule has 0 aromatic rings. The van der Waals surface area contributed by atoms with Crippen LogP contribution in [0.3, 0.4) is 0 Å². The quantitative estimate of drug-likeness (QED) is 0.112. The number of rotatable bonds is 19. The fourth-order valence-corrected chi connectivity index (χ4v) is 4.64. The van der Waals surface area contributed by atoms with E-state index < -0.39 is 6.23 Å². The van der Waals surface area contributed by atoms with Gasteiger partial charge in [-0.25, -0.2) is 0 Å². The molecule has 0 fully saturated rings. The summed E-state index contributed by atoms with van der Waals surface area (Å²) in [6, 6.07) is 0. The molecule has 0 heterocycles. The molecule has 0 bridgehead atoms. The number of esters is 2. The topological polar surface area (TPSA) is 96.9 Å². The minimum absolute atomic E-state index is 0.241. The predicted molar refractivity (Wildman–Crippen MR) is 124 cm³/mol. The second kappa shape index (κ2) is 20.5. The summed E-state index contributed by atoms with van der Waals surface area (Å²) in [6.07, 6.45) is 6.40. The van der Waals surface area contributed by atoms with E-state index in [4.69, 9.17) is 4.74 Å². The number of carbonyl (C=O) groups is 2. The molecule has 166 valence electrons. The molecule has 7 nitrogen and oxygen atoms in total. The van der Waals surface area contributed by atoms with Crippen molar-refractivity contribution in [3.63, 3.8) is 0 Å². The number of aliphatic hydroxyl groups excluding tert-OH is 1. The fraction of sp³-hybridized carbons (Fsp3) is 0.882. The van der Waals surface area contributed by atoms with Crippen LogP contribution < -0.4 is 10.6 Å². The second-order valence-electron chi connectivity index (χ2n) is 5.74. The van der Waals surface area contributed by atoms with Crippen molar-refractivity contribution >= 4 is 55.1 Å². The van der Waals surface area contributed by atoms with E-state index in [2.05, 4.69) is 15.4 Å². The summed E-state index contributed by atoms with van der Waals surface area (Å²) in [4.78, 5) is 23.2. The van der Waals surface area contributed by atoms with Crippen LogP contribution in [0, 0.1) is 0 Å². The molecule has 0 aromatic carbocycles. The maximum Gasteiger partial charge on any atom is 0.307 e. The molecular formula is C17H34N2O5S4. The van der Waals surface area contributed by atoms with Crippen LogP contribution in [0.2, 0.25) is 0 Å². The Kier molecular flexibility index (Phi) is 20.7. The summed E-state index contributed by atoms with van der Waals surface area (Å²) in [5.41, 5.74) is 0. The summed E-state index contributed by atoms with van der Waals surface area (Å²) in [7, 11) is 8.16. The maximum atomic E-state index is 12.1. The van der Waals surface area contributed by atoms with Crippen molar-refractivity contribution < 1.29 is 24.2 Å². The van der Waals surface area contributed by atoms with E-state index in [1.165, 1.54) is 7.11 Å². The molecule has 0 rings (SSSR count). The molecule has 0 aliphatic rings. The molecule has 0 saturated heterocycles. The Labute approximate surface area is 184 Å². The SMILES string of the molecule is COC(=O)CCCNC(CCSSC)OC(=O)CCCNC(O)CCSSC. The summed E-state index contributed by atoms with van der Waals surface area (Å²) < 4.78 is 10.1. The Hall–Kier alpha value is 0.220. The molecule has 0 aliphatic heterocycles. The van der Waals surface area contributed by atoms with Crippen molar-refractivity contribution in [1.29, 1.82) is 0 Å². The zero-order valence-electron chi connectivity index (χ0n) is 16.9. The van der Waals surface area contributed by atoms with Crippen molar-refractivity contribution in [2.45, 2.75) is 51.0 Å². The molecule has 0 aliphatic carbocycles. The number of carbonyl (C=O) groups excluding carboxylic acids is 2. The van der Waals surface area contributed by atoms with Crippen LogP contribution in [0.1, 0.15) is 38.5 Å². The molecular weight excluding hydrogens is 440 g/mol. The highest BCUT2D eigenvalue weighted by molar-refractivity contribution is 8.76. The number of nitrogens with one attached hydrogen (secondary N) is 2. The lowest BCUT2D eigenvalue weighted by molar-refractivity contribution is -0.151. The Balaban J connectivity index is 4.02. The van der Waals surface area contributed by atoms with Gasteiger partial charge in [0.2, 0.25) is 0 Å². The normalized spacial score (nSPS) is 13.1. The minimum Gasteiger partial charge on any atom is -0.469 e. The lowest BCUT2D eigenvalue weighted by Gasteiger charge is -2.19. The Bertz CT molecular complexity index is 408. The smallest absolute Gasteiger partial charge is 0.307 e. The van der Waals surface area contributed by atoms with Gasteiger partial charge in [0.25, 0.3) is 0 Å². The maximum absolute atomic E-state index is 12.1. The van der Waals surface area contributed by atoms with Crippen LogP contribution >= 0.6 is 43.2 Å². The summed E-state index contributed by atoms with van der Waals surface area (Å²) in [6.45, 7) is 1.15. The van der Waals surface area contributed by atoms with Gasteiger partial charge in [-0.3, -0.25) is 20.2 Å². The summed E-state index contributed by atoms with van der Waals surface area (Å²) in [5.74, 6) is 1.25. The predicted octanol–water partition coefficient (Wildman–Crippen LogP) is 2.89. The van der Waals surface area contributed by atoms with Crippen molar-refractivity contribution in [3.8, 4) is 0 Å². The van der Waals surface area contributed by atoms with Gasteiger partial charge in [-0.05, 0) is 44.9 Å². The van der Waals surface area contributed by atoms with E-state index in [1.807, 2.05) is 12.5 Å². The molecule has 0 radical (unpaired) electrons. The molecule has 0 aromatic heterocycles. The Morgan fingerprint density at radius 3 is 2.11 bits per heavy atom. The van der Waals surface area contributed by atoms with Crippen molar-refractivity contribution in [2.24, 2.45) is 0 Å². The lowest BCUT2D eigenvalue weighted by atomic mass is 10.3. The number of methoxy groups -OCH3 is 1. The summed E-state index contributed by atoms with van der Waals surface area (Å²) >= 11 is 0. The van der Waals surface area contributed by atoms with Gasteiger partial charge in [0.1, 0.15) is 6.23 Å². The van der Waals surface area contributed by atoms with Gasteiger partial charge < -0.3 is 14.6 Å². The zero-order chi connectivity index (χ0) is 21.0. The van der Waals surface area contributed by atoms with Gasteiger partial charge in [0.15, 0.2) is 6.23 Å². The molecule has 2 unspecified atom stereocenters. The highest BCUT2D eigenvalue weighted by Crippen LogP contribution is 2.19. The van der Waals surface area contributed by atoms with E-state index in [-0.39, 0.29) is 18.2 Å². The van der Waals surface area contributed by atoms with Crippen LogP contribution in [0.5, 0.6) is 0 Å². The third-order valence-corrected chi connectivity index (χ3v) is 7.23. The van der Waals surface area contributed by atoms with Gasteiger partial charge in [0.05, 0.1) is 7.11 Å². The largest absolute Gasteiger partial charge is 0.469 e. The first kappa shape index (κ1) is 28.2. The molecule has 28 heavy (non-hydrogen) atoms. The monoisotopic (exact) mass is 474 g/mol. The van der Waals surface area contributed by atoms with Gasteiger partial charge in [-0.15, -0.1) is 0 Å². The highest BCUT2D eigenvalue weighted by Gasteiger charge is 2.14. The number of aliphatic hydroxyl groups is 1. The Morgan fingerprint density at radius 2 is 1.50 bits per heavy atom. The number of ether oxygens (including phenoxy) is 2. The first-order valence-electron chi connectivity index (χ1n) is 9.25. The van der Waals surface area contributed by atoms with Crippen molar-refractivity contribution in [1.82, 2.24) is 10.6 Å². The van der Waals surface area contributed by atoms with E-state index >= 15 is 0 Å². The van der Waals surface area contributed by atoms with E-state index in [9.17, 15) is 14.7 Å². The fourth-order valence-electron chi connectivity index (χ4n) is 2.10. The molecule has 0 saturated carbocycles. The molecule has 11 heteroatoms. The Morgan fingerprint density at radius 1 is 0.929 bits per heavy atom. The second-order valence-corrected chi connectivity index (χ2v) is 11.1. The lowest BCUT2D eigenvalue weighted by Crippen LogP contribution is -2.35. The third-order valence-electron chi connectivity index (χ3n) is 3.54. The van der Waals surface area contributed by atoms with Crippen LogP contribution in [0.25, 0.3) is 0 Å². The van der Waals surface area contributed by atoms with Crippen molar-refractivity contribution in [3.05, 3.63) is 0 Å². The standard InChI is InChI=1S/C17H34N2O5S4/c1-23-16(21)6-4-11-19-15(9-13-28-26-3)24-17(22)7-5-10-18-14(20)8-12-27-25-2/h14-15,18-20H,4-13H2,1-3H3. The molecule has 2 atom stereocenters. The van der Waals surface area contributed by atoms with Crippen LogP contribution in [0.4, 0.5) is 0 Å². The van der Waals surface area contributed by atoms with E-state index in [1.54, 1.807) is 43.2 Å². The zero-order valence-corrected chi connectivity index (χ0v) is 20.2. The first-order chi connectivity index (χ1) is 13.5. The average molecular weight is 475 g/mol. The molecule has 3 N–H and O–H groups in total. The van der Waals surface area contributed by atoms with Gasteiger partial charge in [-0.1, -0.05) is 43.2 Å². The average Bonchev–Trinajstić information content (AvgIpc) is 2.68. The minimum atomic E-state index is -0.538. The summed E-state index contributed by atoms with van der Waals surface area (Å²) in [5, 5.41) is 16.0. The van der Waals surface area contributed by atoms with Gasteiger partial charge in [-0.2, -0.15) is 0 Å². The third kappa shape index (κ3) is 18.3. The molecule has 0 spiro atoms. The number of hydrogen-bond donors (Lipinski definition) is 3. The number of hydrogen-bond acceptors (Lipinski definition) is 11. The molecule has 0 amide bonds. The van der Waals surface area contributed by atoms with Gasteiger partial charge in [0, 0.05) is 30.8 Å². The van der Waals surface area contributed by atoms with Crippen molar-refractivity contribution in [2.75, 3.05) is 44.2 Å². The van der Waals surface area contributed by atoms with Crippen LogP contribution in [0.15, 0.2) is 0 Å². The van der Waals surface area contributed by atoms with Gasteiger partial charge >= 0.3 is 11.9 Å². The van der Waals surface area contributed by atoms with Crippen LogP contribution in [-0.2, 0) is 19.1 Å². The van der Waals surface area contributed by atoms with Crippen LogP contribution in [-0.4, -0.2) is 73.7 Å². The first-order valence-corrected chi connectivity index (χ1v) is 14.7. The van der Waals surface area contributed by atoms with E-state index in [0.717, 1.165) is 11.5 Å².